The summed E-state index contributed by atoms with van der Waals surface area (Å²) in [5.41, 5.74) is 0.663. The van der Waals surface area contributed by atoms with Crippen molar-refractivity contribution in [3.05, 3.63) is 49.6 Å². The third kappa shape index (κ3) is 3.68. The van der Waals surface area contributed by atoms with Crippen LogP contribution in [0.2, 0.25) is 10.0 Å². The van der Waals surface area contributed by atoms with Gasteiger partial charge in [0, 0.05) is 15.9 Å². The number of aromatic carboxylic acids is 1. The molecule has 0 saturated heterocycles. The zero-order chi connectivity index (χ0) is 17.3. The number of carbonyl (C=O) groups is 2. The molecule has 0 bridgehead atoms. The Morgan fingerprint density at radius 2 is 1.87 bits per heavy atom. The van der Waals surface area contributed by atoms with Crippen molar-refractivity contribution in [2.45, 2.75) is 26.8 Å². The van der Waals surface area contributed by atoms with Gasteiger partial charge < -0.3 is 10.0 Å². The first-order chi connectivity index (χ1) is 10.7. The highest BCUT2D eigenvalue weighted by Crippen LogP contribution is 2.33. The second-order valence-corrected chi connectivity index (χ2v) is 7.37. The third-order valence-corrected chi connectivity index (χ3v) is 4.76. The van der Waals surface area contributed by atoms with Gasteiger partial charge in [0.2, 0.25) is 0 Å². The predicted molar refractivity (Wildman–Crippen MR) is 94.4 cm³/mol. The summed E-state index contributed by atoms with van der Waals surface area (Å²) in [6.45, 7) is 5.44. The van der Waals surface area contributed by atoms with E-state index in [9.17, 15) is 14.7 Å². The number of aryl methyl sites for hydroxylation is 1. The number of benzene rings is 1. The molecule has 0 saturated carbocycles. The molecule has 0 aliphatic heterocycles. The lowest BCUT2D eigenvalue weighted by Crippen LogP contribution is -2.37. The summed E-state index contributed by atoms with van der Waals surface area (Å²) in [4.78, 5) is 26.8. The fourth-order valence-electron chi connectivity index (χ4n) is 2.25. The summed E-state index contributed by atoms with van der Waals surface area (Å²) in [6.07, 6.45) is 0. The van der Waals surface area contributed by atoms with Gasteiger partial charge in [-0.05, 0) is 45.0 Å². The topological polar surface area (TPSA) is 57.6 Å². The number of hydrogen-bond donors (Lipinski definition) is 1. The van der Waals surface area contributed by atoms with Crippen LogP contribution in [-0.4, -0.2) is 23.0 Å². The maximum atomic E-state index is 12.9. The monoisotopic (exact) mass is 371 g/mol. The Morgan fingerprint density at radius 1 is 1.22 bits per heavy atom. The fraction of sp³-hybridized carbons (Fsp3) is 0.250. The number of nitrogens with zero attached hydrogens (tertiary/aromatic N) is 1. The fourth-order valence-corrected chi connectivity index (χ4v) is 3.58. The van der Waals surface area contributed by atoms with Crippen molar-refractivity contribution in [3.8, 4) is 0 Å². The van der Waals surface area contributed by atoms with Crippen LogP contribution in [0.4, 0.5) is 5.69 Å². The average molecular weight is 372 g/mol. The molecule has 4 nitrogen and oxygen atoms in total. The van der Waals surface area contributed by atoms with Crippen LogP contribution < -0.4 is 4.90 Å². The Balaban J connectivity index is 2.55. The summed E-state index contributed by atoms with van der Waals surface area (Å²) >= 11 is 13.1. The first-order valence-electron chi connectivity index (χ1n) is 6.84. The van der Waals surface area contributed by atoms with Crippen LogP contribution >= 0.6 is 34.5 Å². The Labute approximate surface area is 148 Å². The Morgan fingerprint density at radius 3 is 2.39 bits per heavy atom. The molecular weight excluding hydrogens is 357 g/mol. The highest BCUT2D eigenvalue weighted by atomic mass is 35.5. The largest absolute Gasteiger partial charge is 0.477 e. The van der Waals surface area contributed by atoms with E-state index in [4.69, 9.17) is 23.2 Å². The summed E-state index contributed by atoms with van der Waals surface area (Å²) in [5.74, 6) is -1.42. The van der Waals surface area contributed by atoms with E-state index in [0.717, 1.165) is 16.2 Å². The minimum Gasteiger partial charge on any atom is -0.477 e. The average Bonchev–Trinajstić information content (AvgIpc) is 2.80. The van der Waals surface area contributed by atoms with Gasteiger partial charge >= 0.3 is 5.97 Å². The molecule has 0 spiro atoms. The van der Waals surface area contributed by atoms with E-state index in [1.54, 1.807) is 25.1 Å². The summed E-state index contributed by atoms with van der Waals surface area (Å²) in [7, 11) is 0. The summed E-state index contributed by atoms with van der Waals surface area (Å²) < 4.78 is 0. The SMILES string of the molecule is Cc1cc(N(C(=O)c2ccc(Cl)cc2Cl)C(C)C)c(C(=O)O)s1. The molecule has 2 rings (SSSR count). The van der Waals surface area contributed by atoms with Gasteiger partial charge in [-0.2, -0.15) is 0 Å². The molecule has 122 valence electrons. The number of anilines is 1. The number of carboxylic acid groups (broad SMARTS) is 1. The quantitative estimate of drug-likeness (QED) is 0.811. The molecule has 0 radical (unpaired) electrons. The van der Waals surface area contributed by atoms with Crippen molar-refractivity contribution >= 4 is 52.1 Å². The van der Waals surface area contributed by atoms with E-state index >= 15 is 0 Å². The van der Waals surface area contributed by atoms with Gasteiger partial charge in [0.1, 0.15) is 4.88 Å². The molecule has 0 unspecified atom stereocenters. The zero-order valence-corrected chi connectivity index (χ0v) is 15.1. The third-order valence-electron chi connectivity index (χ3n) is 3.19. The van der Waals surface area contributed by atoms with E-state index in [1.165, 1.54) is 11.0 Å². The Hall–Kier alpha value is -1.56. The summed E-state index contributed by atoms with van der Waals surface area (Å²) in [5, 5.41) is 10.0. The van der Waals surface area contributed by atoms with Crippen LogP contribution in [0.25, 0.3) is 0 Å². The van der Waals surface area contributed by atoms with E-state index in [-0.39, 0.29) is 27.4 Å². The van der Waals surface area contributed by atoms with Crippen LogP contribution in [0.5, 0.6) is 0 Å². The van der Waals surface area contributed by atoms with Gasteiger partial charge in [0.05, 0.1) is 16.3 Å². The number of carbonyl (C=O) groups excluding carboxylic acids is 1. The Bertz CT molecular complexity index is 771. The van der Waals surface area contributed by atoms with Gasteiger partial charge in [-0.1, -0.05) is 23.2 Å². The first kappa shape index (κ1) is 17.8. The smallest absolute Gasteiger partial charge is 0.348 e. The zero-order valence-electron chi connectivity index (χ0n) is 12.8. The van der Waals surface area contributed by atoms with Crippen LogP contribution in [0.3, 0.4) is 0 Å². The molecule has 0 atom stereocenters. The van der Waals surface area contributed by atoms with Gasteiger partial charge in [-0.15, -0.1) is 11.3 Å². The highest BCUT2D eigenvalue weighted by molar-refractivity contribution is 7.14. The molecule has 1 N–H and O–H groups in total. The highest BCUT2D eigenvalue weighted by Gasteiger charge is 2.28. The molecule has 23 heavy (non-hydrogen) atoms. The van der Waals surface area contributed by atoms with E-state index in [1.807, 2.05) is 13.8 Å². The van der Waals surface area contributed by atoms with Crippen molar-refractivity contribution in [2.24, 2.45) is 0 Å². The van der Waals surface area contributed by atoms with E-state index in [0.29, 0.717) is 10.7 Å². The van der Waals surface area contributed by atoms with Crippen molar-refractivity contribution in [2.75, 3.05) is 4.90 Å². The van der Waals surface area contributed by atoms with Gasteiger partial charge in [-0.25, -0.2) is 4.79 Å². The molecule has 0 fully saturated rings. The number of rotatable bonds is 4. The van der Waals surface area contributed by atoms with Crippen molar-refractivity contribution in [1.29, 1.82) is 0 Å². The summed E-state index contributed by atoms with van der Waals surface area (Å²) in [6, 6.07) is 6.08. The van der Waals surface area contributed by atoms with E-state index < -0.39 is 5.97 Å². The Kier molecular flexibility index (Phi) is 5.34. The maximum absolute atomic E-state index is 12.9. The molecule has 7 heteroatoms. The predicted octanol–water partition coefficient (Wildman–Crippen LogP) is 5.12. The maximum Gasteiger partial charge on any atom is 0.348 e. The van der Waals surface area contributed by atoms with Gasteiger partial charge in [-0.3, -0.25) is 4.79 Å². The molecule has 0 aliphatic rings. The van der Waals surface area contributed by atoms with Crippen molar-refractivity contribution in [3.63, 3.8) is 0 Å². The molecule has 2 aromatic rings. The second kappa shape index (κ2) is 6.91. The minimum atomic E-state index is -1.06. The first-order valence-corrected chi connectivity index (χ1v) is 8.42. The van der Waals surface area contributed by atoms with Crippen LogP contribution in [0, 0.1) is 6.92 Å². The number of thiophene rings is 1. The standard InChI is InChI=1S/C16H15Cl2NO3S/c1-8(2)19(13-6-9(3)23-14(13)16(21)22)15(20)11-5-4-10(17)7-12(11)18/h4-8H,1-3H3,(H,21,22). The number of halogens is 2. The molecule has 1 amide bonds. The van der Waals surface area contributed by atoms with E-state index in [2.05, 4.69) is 0 Å². The molecule has 1 aromatic heterocycles. The molecule has 0 aliphatic carbocycles. The van der Waals surface area contributed by atoms with Crippen LogP contribution in [-0.2, 0) is 0 Å². The van der Waals surface area contributed by atoms with Gasteiger partial charge in [0.15, 0.2) is 0 Å². The number of carboxylic acids is 1. The van der Waals surface area contributed by atoms with Crippen LogP contribution in [0.15, 0.2) is 24.3 Å². The van der Waals surface area contributed by atoms with Crippen LogP contribution in [0.1, 0.15) is 38.8 Å². The second-order valence-electron chi connectivity index (χ2n) is 5.27. The minimum absolute atomic E-state index is 0.134. The van der Waals surface area contributed by atoms with Crippen molar-refractivity contribution < 1.29 is 14.7 Å². The normalized spacial score (nSPS) is 10.9. The molecular formula is C16H15Cl2NO3S. The van der Waals surface area contributed by atoms with Crippen molar-refractivity contribution in [1.82, 2.24) is 0 Å². The molecule has 1 aromatic carbocycles. The lowest BCUT2D eigenvalue weighted by molar-refractivity contribution is 0.0703. The lowest BCUT2D eigenvalue weighted by Gasteiger charge is -2.27. The lowest BCUT2D eigenvalue weighted by atomic mass is 10.1. The number of hydrogen-bond acceptors (Lipinski definition) is 3. The van der Waals surface area contributed by atoms with Gasteiger partial charge in [0.25, 0.3) is 5.91 Å². The number of amides is 1. The molecule has 1 heterocycles.